The van der Waals surface area contributed by atoms with Gasteiger partial charge in [0.05, 0.1) is 0 Å². The summed E-state index contributed by atoms with van der Waals surface area (Å²) < 4.78 is 38.8. The summed E-state index contributed by atoms with van der Waals surface area (Å²) in [5, 5.41) is -1.29. The Morgan fingerprint density at radius 3 is 2.05 bits per heavy atom. The summed E-state index contributed by atoms with van der Waals surface area (Å²) in [4.78, 5) is 0. The average Bonchev–Trinajstić information content (AvgIpc) is 2.11. The van der Waals surface area contributed by atoms with Crippen LogP contribution in [-0.4, -0.2) is 6.98 Å². The molecular weight excluding hydrogens is 275 g/mol. The van der Waals surface area contributed by atoms with Gasteiger partial charge in [-0.2, -0.15) is 0 Å². The Morgan fingerprint density at radius 2 is 1.58 bits per heavy atom. The Kier molecular flexibility index (Phi) is 4.12. The van der Waals surface area contributed by atoms with Crippen LogP contribution >= 0.6 is 0 Å². The largest absolute Gasteiger partial charge is 1.00 e. The molecule has 0 aromatic heterocycles. The number of halogens is 3. The van der Waals surface area contributed by atoms with Gasteiger partial charge in [-0.1, -0.05) is 62.7 Å². The van der Waals surface area contributed by atoms with Crippen molar-refractivity contribution in [1.29, 1.82) is 0 Å². The molecule has 0 heterocycles. The summed E-state index contributed by atoms with van der Waals surface area (Å²) in [6.07, 6.45) is 0.980. The van der Waals surface area contributed by atoms with Crippen LogP contribution in [0.15, 0.2) is 24.3 Å². The Bertz CT molecular complexity index is 476. The number of hydrogen-bond donors (Lipinski definition) is 0. The molecule has 0 radical (unpaired) electrons. The smallest absolute Gasteiger partial charge is 0.449 e. The summed E-state index contributed by atoms with van der Waals surface area (Å²) in [6.45, 7) is -0.452. The van der Waals surface area contributed by atoms with Crippen LogP contribution in [0.4, 0.5) is 12.9 Å². The van der Waals surface area contributed by atoms with Crippen molar-refractivity contribution < 1.29 is 64.3 Å². The zero-order valence-corrected chi connectivity index (χ0v) is 14.8. The second kappa shape index (κ2) is 4.87. The summed E-state index contributed by atoms with van der Waals surface area (Å²) >= 11 is 0. The van der Waals surface area contributed by atoms with Crippen LogP contribution in [-0.2, 0) is 5.41 Å². The Balaban J connectivity index is 0.00000133. The molecule has 0 amide bonds. The molecule has 19 heavy (non-hydrogen) atoms. The van der Waals surface area contributed by atoms with Gasteiger partial charge < -0.3 is 12.9 Å². The van der Waals surface area contributed by atoms with Crippen LogP contribution in [0, 0.1) is 0 Å². The molecule has 0 saturated heterocycles. The minimum atomic E-state index is -4.66. The molecule has 3 aliphatic rings. The van der Waals surface area contributed by atoms with Crippen molar-refractivity contribution >= 4 is 6.98 Å². The molecule has 3 aliphatic carbocycles. The monoisotopic (exact) mass is 292 g/mol. The van der Waals surface area contributed by atoms with E-state index in [4.69, 9.17) is 0 Å². The molecule has 0 atom stereocenters. The molecule has 3 saturated carbocycles. The van der Waals surface area contributed by atoms with Gasteiger partial charge in [0.25, 0.3) is 0 Å². The van der Waals surface area contributed by atoms with Gasteiger partial charge in [0.15, 0.2) is 0 Å². The van der Waals surface area contributed by atoms with E-state index in [1.54, 1.807) is 0 Å². The maximum atomic E-state index is 12.9. The Hall–Kier alpha value is 0.711. The van der Waals surface area contributed by atoms with Crippen LogP contribution in [0.25, 0.3) is 0 Å². The second-order valence-electron chi connectivity index (χ2n) is 6.49. The fraction of sp³-hybridized carbons (Fsp3) is 0.571. The van der Waals surface area contributed by atoms with Gasteiger partial charge >= 0.3 is 58.4 Å². The van der Waals surface area contributed by atoms with Gasteiger partial charge in [-0.05, 0) is 22.5 Å². The number of hydrogen-bond acceptors (Lipinski definition) is 0. The zero-order chi connectivity index (χ0) is 13.2. The minimum absolute atomic E-state index is 0. The van der Waals surface area contributed by atoms with Crippen molar-refractivity contribution in [2.24, 2.45) is 0 Å². The Labute approximate surface area is 155 Å². The molecule has 5 heteroatoms. The molecule has 1 aromatic rings. The van der Waals surface area contributed by atoms with E-state index in [1.165, 1.54) is 11.1 Å². The zero-order valence-electron chi connectivity index (χ0n) is 11.7. The predicted octanol–water partition coefficient (Wildman–Crippen LogP) is 1.84. The molecule has 3 fully saturated rings. The number of benzene rings is 1. The first kappa shape index (κ1) is 16.1. The third-order valence-electron chi connectivity index (χ3n) is 4.92. The van der Waals surface area contributed by atoms with Gasteiger partial charge in [-0.25, -0.2) is 0 Å². The van der Waals surface area contributed by atoms with Gasteiger partial charge in [-0.3, -0.25) is 0 Å². The molecule has 98 valence electrons. The third-order valence-corrected chi connectivity index (χ3v) is 4.92. The number of rotatable bonds is 3. The van der Waals surface area contributed by atoms with Gasteiger partial charge in [0, 0.05) is 0 Å². The van der Waals surface area contributed by atoms with Crippen molar-refractivity contribution in [2.45, 2.75) is 49.8 Å². The maximum Gasteiger partial charge on any atom is 1.00 e. The fourth-order valence-electron chi connectivity index (χ4n) is 3.98. The van der Waals surface area contributed by atoms with Crippen molar-refractivity contribution in [1.82, 2.24) is 0 Å². The molecular formula is C14H17BF3K. The van der Waals surface area contributed by atoms with Crippen LogP contribution in [0.2, 0.25) is 5.31 Å². The first-order valence-corrected chi connectivity index (χ1v) is 6.59. The predicted molar refractivity (Wildman–Crippen MR) is 67.8 cm³/mol. The van der Waals surface area contributed by atoms with E-state index < -0.39 is 12.3 Å². The maximum absolute atomic E-state index is 12.9. The van der Waals surface area contributed by atoms with Crippen molar-refractivity contribution in [3.8, 4) is 0 Å². The molecule has 0 aliphatic heterocycles. The van der Waals surface area contributed by atoms with Crippen molar-refractivity contribution in [3.63, 3.8) is 0 Å². The van der Waals surface area contributed by atoms with Crippen LogP contribution in [0.1, 0.15) is 50.2 Å². The fourth-order valence-corrected chi connectivity index (χ4v) is 3.98. The third kappa shape index (κ3) is 2.20. The molecule has 4 rings (SSSR count). The first-order chi connectivity index (χ1) is 8.30. The van der Waals surface area contributed by atoms with Gasteiger partial charge in [0.1, 0.15) is 0 Å². The summed E-state index contributed by atoms with van der Waals surface area (Å²) in [5.74, 6) is 0.377. The molecule has 1 aromatic carbocycles. The standard InChI is InChI=1S/C14H17BF3.K/c1-10(2)11-5-3-4-6-12(11)13-7-14(8-13,9-13)15(16,17)18;/h3-6,10H,7-9H2,1-2H3;/q-1;+1. The Morgan fingerprint density at radius 1 is 1.05 bits per heavy atom. The quantitative estimate of drug-likeness (QED) is 0.746. The summed E-state index contributed by atoms with van der Waals surface area (Å²) in [6, 6.07) is 8.02. The second-order valence-corrected chi connectivity index (χ2v) is 6.49. The van der Waals surface area contributed by atoms with Crippen LogP contribution < -0.4 is 51.4 Å². The topological polar surface area (TPSA) is 0 Å². The SMILES string of the molecule is CC(C)c1ccccc1C12CC([B-](F)(F)F)(C1)C2.[K+]. The molecule has 0 N–H and O–H groups in total. The van der Waals surface area contributed by atoms with E-state index in [9.17, 15) is 12.9 Å². The molecule has 0 spiro atoms. The van der Waals surface area contributed by atoms with E-state index in [0.717, 1.165) is 0 Å². The van der Waals surface area contributed by atoms with Crippen molar-refractivity contribution in [3.05, 3.63) is 35.4 Å². The van der Waals surface area contributed by atoms with Crippen molar-refractivity contribution in [2.75, 3.05) is 0 Å². The van der Waals surface area contributed by atoms with Crippen LogP contribution in [0.3, 0.4) is 0 Å². The van der Waals surface area contributed by atoms with E-state index in [1.807, 2.05) is 18.2 Å². The minimum Gasteiger partial charge on any atom is -0.449 e. The molecule has 2 bridgehead atoms. The van der Waals surface area contributed by atoms with E-state index in [0.29, 0.717) is 25.2 Å². The summed E-state index contributed by atoms with van der Waals surface area (Å²) in [5.41, 5.74) is 2.24. The normalized spacial score (nSPS) is 32.3. The van der Waals surface area contributed by atoms with E-state index in [2.05, 4.69) is 19.9 Å². The van der Waals surface area contributed by atoms with Gasteiger partial charge in [0.2, 0.25) is 0 Å². The van der Waals surface area contributed by atoms with E-state index in [-0.39, 0.29) is 56.8 Å². The first-order valence-electron chi connectivity index (χ1n) is 6.59. The van der Waals surface area contributed by atoms with Crippen LogP contribution in [0.5, 0.6) is 0 Å². The summed E-state index contributed by atoms with van der Waals surface area (Å²) in [7, 11) is 0. The average molecular weight is 292 g/mol. The molecule has 0 unspecified atom stereocenters. The van der Waals surface area contributed by atoms with Gasteiger partial charge in [-0.15, -0.1) is 0 Å². The molecule has 0 nitrogen and oxygen atoms in total. The van der Waals surface area contributed by atoms with E-state index >= 15 is 0 Å².